The molecule has 1 heterocycles. The van der Waals surface area contributed by atoms with Crippen LogP contribution in [-0.4, -0.2) is 56.8 Å². The first-order valence-electron chi connectivity index (χ1n) is 8.73. The van der Waals surface area contributed by atoms with Gasteiger partial charge in [-0.1, -0.05) is 28.1 Å². The third-order valence-corrected chi connectivity index (χ3v) is 4.74. The first-order chi connectivity index (χ1) is 11.7. The molecular weight excluding hydrogens is 368 g/mol. The van der Waals surface area contributed by atoms with Gasteiger partial charge in [-0.2, -0.15) is 0 Å². The van der Waals surface area contributed by atoms with E-state index in [0.717, 1.165) is 56.1 Å². The molecule has 0 aromatic heterocycles. The Morgan fingerprint density at radius 2 is 2.00 bits per heavy atom. The summed E-state index contributed by atoms with van der Waals surface area (Å²) < 4.78 is 6.48. The molecule has 6 heteroatoms. The molecule has 24 heavy (non-hydrogen) atoms. The zero-order valence-corrected chi connectivity index (χ0v) is 16.3. The molecule has 134 valence electrons. The molecular formula is C18H29BrN4O. The van der Waals surface area contributed by atoms with Crippen molar-refractivity contribution in [2.24, 2.45) is 4.99 Å². The minimum absolute atomic E-state index is 0.490. The summed E-state index contributed by atoms with van der Waals surface area (Å²) in [6.45, 7) is 7.52. The average molecular weight is 397 g/mol. The maximum Gasteiger partial charge on any atom is 0.191 e. The number of aliphatic imine (C=N–C) groups is 1. The van der Waals surface area contributed by atoms with Gasteiger partial charge in [-0.15, -0.1) is 0 Å². The van der Waals surface area contributed by atoms with Gasteiger partial charge in [0.2, 0.25) is 0 Å². The highest BCUT2D eigenvalue weighted by molar-refractivity contribution is 9.10. The van der Waals surface area contributed by atoms with E-state index in [2.05, 4.69) is 60.7 Å². The van der Waals surface area contributed by atoms with Crippen LogP contribution in [0.5, 0.6) is 0 Å². The Morgan fingerprint density at radius 1 is 1.29 bits per heavy atom. The van der Waals surface area contributed by atoms with Crippen LogP contribution in [0.1, 0.15) is 25.3 Å². The molecule has 0 unspecified atom stereocenters. The van der Waals surface area contributed by atoms with Crippen LogP contribution in [0.15, 0.2) is 33.7 Å². The molecule has 0 radical (unpaired) electrons. The van der Waals surface area contributed by atoms with Crippen molar-refractivity contribution in [3.8, 4) is 0 Å². The van der Waals surface area contributed by atoms with Crippen LogP contribution in [0.4, 0.5) is 0 Å². The lowest BCUT2D eigenvalue weighted by molar-refractivity contribution is 0.152. The first kappa shape index (κ1) is 19.2. The maximum absolute atomic E-state index is 5.34. The molecule has 1 aliphatic rings. The summed E-state index contributed by atoms with van der Waals surface area (Å²) in [7, 11) is 1.82. The molecule has 0 bridgehead atoms. The van der Waals surface area contributed by atoms with Crippen LogP contribution in [0.3, 0.4) is 0 Å². The number of piperidine rings is 1. The van der Waals surface area contributed by atoms with E-state index in [1.54, 1.807) is 0 Å². The zero-order valence-electron chi connectivity index (χ0n) is 14.7. The third kappa shape index (κ3) is 6.79. The normalized spacial score (nSPS) is 17.0. The topological polar surface area (TPSA) is 48.9 Å². The molecule has 0 atom stereocenters. The van der Waals surface area contributed by atoms with Crippen molar-refractivity contribution < 1.29 is 4.74 Å². The van der Waals surface area contributed by atoms with Crippen LogP contribution in [0.25, 0.3) is 0 Å². The van der Waals surface area contributed by atoms with Crippen LogP contribution < -0.4 is 10.6 Å². The van der Waals surface area contributed by atoms with Crippen molar-refractivity contribution >= 4 is 21.9 Å². The van der Waals surface area contributed by atoms with Crippen molar-refractivity contribution in [3.63, 3.8) is 0 Å². The van der Waals surface area contributed by atoms with E-state index < -0.39 is 0 Å². The van der Waals surface area contributed by atoms with Gasteiger partial charge in [0.1, 0.15) is 0 Å². The quantitative estimate of drug-likeness (QED) is 0.422. The Labute approximate surface area is 154 Å². The van der Waals surface area contributed by atoms with Gasteiger partial charge in [-0.25, -0.2) is 0 Å². The molecule has 2 rings (SSSR count). The standard InChI is InChI=1S/C18H29BrN4O/c1-3-24-13-10-21-18(20-2)22-17-8-11-23(12-9-17)14-15-4-6-16(19)7-5-15/h4-7,17H,3,8-14H2,1-2H3,(H2,20,21,22). The molecule has 1 fully saturated rings. The predicted molar refractivity (Wildman–Crippen MR) is 103 cm³/mol. The largest absolute Gasteiger partial charge is 0.380 e. The lowest BCUT2D eigenvalue weighted by Crippen LogP contribution is -2.49. The monoisotopic (exact) mass is 396 g/mol. The third-order valence-electron chi connectivity index (χ3n) is 4.21. The SMILES string of the molecule is CCOCCNC(=NC)NC1CCN(Cc2ccc(Br)cc2)CC1. The summed E-state index contributed by atoms with van der Waals surface area (Å²) in [5.74, 6) is 0.876. The van der Waals surface area contributed by atoms with Crippen molar-refractivity contribution in [1.29, 1.82) is 0 Å². The molecule has 0 saturated carbocycles. The zero-order chi connectivity index (χ0) is 17.2. The van der Waals surface area contributed by atoms with E-state index in [4.69, 9.17) is 4.74 Å². The Balaban J connectivity index is 1.68. The van der Waals surface area contributed by atoms with E-state index in [9.17, 15) is 0 Å². The molecule has 2 N–H and O–H groups in total. The van der Waals surface area contributed by atoms with Crippen molar-refractivity contribution in [1.82, 2.24) is 15.5 Å². The second-order valence-electron chi connectivity index (χ2n) is 6.02. The van der Waals surface area contributed by atoms with Crippen LogP contribution in [0, 0.1) is 0 Å². The summed E-state index contributed by atoms with van der Waals surface area (Å²) in [6.07, 6.45) is 2.28. The molecule has 5 nitrogen and oxygen atoms in total. The lowest BCUT2D eigenvalue weighted by atomic mass is 10.0. The van der Waals surface area contributed by atoms with E-state index in [1.165, 1.54) is 5.56 Å². The molecule has 1 aromatic rings. The second-order valence-corrected chi connectivity index (χ2v) is 6.93. The predicted octanol–water partition coefficient (Wildman–Crippen LogP) is 2.62. The second kappa shape index (κ2) is 10.7. The number of benzene rings is 1. The number of hydrogen-bond donors (Lipinski definition) is 2. The van der Waals surface area contributed by atoms with Crippen molar-refractivity contribution in [2.75, 3.05) is 39.9 Å². The fraction of sp³-hybridized carbons (Fsp3) is 0.611. The van der Waals surface area contributed by atoms with E-state index in [0.29, 0.717) is 12.6 Å². The molecule has 1 aliphatic heterocycles. The fourth-order valence-corrected chi connectivity index (χ4v) is 3.12. The number of guanidine groups is 1. The van der Waals surface area contributed by atoms with E-state index >= 15 is 0 Å². The van der Waals surface area contributed by atoms with Crippen LogP contribution >= 0.6 is 15.9 Å². The summed E-state index contributed by atoms with van der Waals surface area (Å²) in [5, 5.41) is 6.83. The summed E-state index contributed by atoms with van der Waals surface area (Å²) >= 11 is 3.49. The number of ether oxygens (including phenoxy) is 1. The van der Waals surface area contributed by atoms with Gasteiger partial charge in [-0.3, -0.25) is 9.89 Å². The van der Waals surface area contributed by atoms with Crippen molar-refractivity contribution in [3.05, 3.63) is 34.3 Å². The number of halogens is 1. The average Bonchev–Trinajstić information content (AvgIpc) is 2.61. The number of likely N-dealkylation sites (tertiary alicyclic amines) is 1. The van der Waals surface area contributed by atoms with Gasteiger partial charge in [-0.05, 0) is 37.5 Å². The summed E-state index contributed by atoms with van der Waals surface area (Å²) in [6, 6.07) is 9.10. The number of rotatable bonds is 7. The lowest BCUT2D eigenvalue weighted by Gasteiger charge is -2.33. The molecule has 1 aromatic carbocycles. The maximum atomic E-state index is 5.34. The Hall–Kier alpha value is -1.11. The number of nitrogens with zero attached hydrogens (tertiary/aromatic N) is 2. The summed E-state index contributed by atoms with van der Waals surface area (Å²) in [4.78, 5) is 6.82. The Morgan fingerprint density at radius 3 is 2.62 bits per heavy atom. The van der Waals surface area contributed by atoms with Gasteiger partial charge < -0.3 is 15.4 Å². The summed E-state index contributed by atoms with van der Waals surface area (Å²) in [5.41, 5.74) is 1.37. The van der Waals surface area contributed by atoms with E-state index in [1.807, 2.05) is 14.0 Å². The smallest absolute Gasteiger partial charge is 0.191 e. The van der Waals surface area contributed by atoms with Crippen LogP contribution in [-0.2, 0) is 11.3 Å². The highest BCUT2D eigenvalue weighted by Gasteiger charge is 2.19. The fourth-order valence-electron chi connectivity index (χ4n) is 2.86. The Bertz CT molecular complexity index is 498. The first-order valence-corrected chi connectivity index (χ1v) is 9.52. The van der Waals surface area contributed by atoms with Gasteiger partial charge in [0, 0.05) is 50.3 Å². The minimum atomic E-state index is 0.490. The number of hydrogen-bond acceptors (Lipinski definition) is 3. The molecule has 1 saturated heterocycles. The van der Waals surface area contributed by atoms with Gasteiger partial charge >= 0.3 is 0 Å². The molecule has 0 aliphatic carbocycles. The van der Waals surface area contributed by atoms with Crippen LogP contribution in [0.2, 0.25) is 0 Å². The van der Waals surface area contributed by atoms with Crippen molar-refractivity contribution in [2.45, 2.75) is 32.4 Å². The molecule has 0 amide bonds. The minimum Gasteiger partial charge on any atom is -0.380 e. The van der Waals surface area contributed by atoms with Gasteiger partial charge in [0.15, 0.2) is 5.96 Å². The van der Waals surface area contributed by atoms with Gasteiger partial charge in [0.05, 0.1) is 6.61 Å². The molecule has 0 spiro atoms. The van der Waals surface area contributed by atoms with Gasteiger partial charge in [0.25, 0.3) is 0 Å². The highest BCUT2D eigenvalue weighted by Crippen LogP contribution is 2.16. The van der Waals surface area contributed by atoms with E-state index in [-0.39, 0.29) is 0 Å². The Kier molecular flexibility index (Phi) is 8.56. The highest BCUT2D eigenvalue weighted by atomic mass is 79.9. The number of nitrogens with one attached hydrogen (secondary N) is 2.